The fourth-order valence-electron chi connectivity index (χ4n) is 2.96. The van der Waals surface area contributed by atoms with Crippen LogP contribution in [0.2, 0.25) is 0 Å². The summed E-state index contributed by atoms with van der Waals surface area (Å²) in [5, 5.41) is 35.1. The summed E-state index contributed by atoms with van der Waals surface area (Å²) >= 11 is 0.927. The third-order valence-electron chi connectivity index (χ3n) is 4.18. The first kappa shape index (κ1) is 16.0. The van der Waals surface area contributed by atoms with Crippen molar-refractivity contribution in [3.63, 3.8) is 0 Å². The number of benzene rings is 2. The molecule has 0 aliphatic carbocycles. The Hall–Kier alpha value is -2.89. The Labute approximate surface area is 144 Å². The molecule has 116 valence electrons. The molecule has 1 heterocycles. The third-order valence-corrected chi connectivity index (χ3v) is 5.13. The summed E-state index contributed by atoms with van der Waals surface area (Å²) in [4.78, 5) is 0. The van der Waals surface area contributed by atoms with Gasteiger partial charge < -0.3 is 0 Å². The molecular weight excluding hydrogens is 316 g/mol. The van der Waals surface area contributed by atoms with E-state index in [1.54, 1.807) is 0 Å². The van der Waals surface area contributed by atoms with E-state index in [0.717, 1.165) is 28.5 Å². The highest BCUT2D eigenvalue weighted by Crippen LogP contribution is 2.42. The smallest absolute Gasteiger partial charge is 0.103 e. The number of thioether (sulfide) groups is 1. The van der Waals surface area contributed by atoms with Crippen LogP contribution in [-0.2, 0) is 0 Å². The van der Waals surface area contributed by atoms with Crippen LogP contribution in [0.4, 0.5) is 0 Å². The van der Waals surface area contributed by atoms with Crippen molar-refractivity contribution in [3.05, 3.63) is 60.2 Å². The summed E-state index contributed by atoms with van der Waals surface area (Å²) in [6, 6.07) is 22.0. The standard InChI is InChI=1S/C19H14N4S/c20-10-15-17(16(11-21)19(23)24-18(15)22)14-8-6-13(7-9-14)12-4-2-1-3-5-12/h1-9,15-17,22-23H. The third kappa shape index (κ3) is 2.82. The van der Waals surface area contributed by atoms with Gasteiger partial charge in [0.15, 0.2) is 0 Å². The monoisotopic (exact) mass is 330 g/mol. The van der Waals surface area contributed by atoms with Gasteiger partial charge in [-0.1, -0.05) is 66.4 Å². The number of nitrogens with zero attached hydrogens (tertiary/aromatic N) is 2. The Balaban J connectivity index is 1.99. The molecule has 2 atom stereocenters. The number of nitriles is 2. The molecule has 0 aromatic heterocycles. The van der Waals surface area contributed by atoms with Crippen molar-refractivity contribution in [3.8, 4) is 23.3 Å². The molecule has 0 saturated carbocycles. The van der Waals surface area contributed by atoms with Crippen molar-refractivity contribution in [2.75, 3.05) is 0 Å². The van der Waals surface area contributed by atoms with Gasteiger partial charge in [0.25, 0.3) is 0 Å². The summed E-state index contributed by atoms with van der Waals surface area (Å²) in [6.07, 6.45) is 0. The summed E-state index contributed by atoms with van der Waals surface area (Å²) in [7, 11) is 0. The molecule has 2 N–H and O–H groups in total. The number of nitrogens with one attached hydrogen (secondary N) is 2. The van der Waals surface area contributed by atoms with Gasteiger partial charge in [0.2, 0.25) is 0 Å². The maximum absolute atomic E-state index is 9.44. The van der Waals surface area contributed by atoms with E-state index in [2.05, 4.69) is 12.1 Å². The Morgan fingerprint density at radius 3 is 1.75 bits per heavy atom. The van der Waals surface area contributed by atoms with Gasteiger partial charge in [0.05, 0.1) is 22.2 Å². The molecule has 1 fully saturated rings. The maximum Gasteiger partial charge on any atom is 0.103 e. The van der Waals surface area contributed by atoms with Gasteiger partial charge in [-0.2, -0.15) is 10.5 Å². The van der Waals surface area contributed by atoms with Gasteiger partial charge in [-0.05, 0) is 16.7 Å². The van der Waals surface area contributed by atoms with Crippen molar-refractivity contribution < 1.29 is 0 Å². The molecule has 2 unspecified atom stereocenters. The van der Waals surface area contributed by atoms with Gasteiger partial charge in [-0.25, -0.2) is 0 Å². The SMILES string of the molecule is N#CC1C(=N)SC(=N)C(C#N)C1c1ccc(-c2ccccc2)cc1. The van der Waals surface area contributed by atoms with Crippen LogP contribution in [0.3, 0.4) is 0 Å². The highest BCUT2D eigenvalue weighted by molar-refractivity contribution is 8.26. The molecule has 0 bridgehead atoms. The lowest BCUT2D eigenvalue weighted by molar-refractivity contribution is 0.577. The Bertz CT molecular complexity index is 827. The average Bonchev–Trinajstić information content (AvgIpc) is 2.62. The summed E-state index contributed by atoms with van der Waals surface area (Å²) in [5.41, 5.74) is 2.97. The first-order valence-electron chi connectivity index (χ1n) is 7.45. The van der Waals surface area contributed by atoms with Gasteiger partial charge in [-0.15, -0.1) is 0 Å². The Morgan fingerprint density at radius 2 is 1.25 bits per heavy atom. The molecule has 2 aromatic carbocycles. The van der Waals surface area contributed by atoms with Crippen LogP contribution in [0.25, 0.3) is 11.1 Å². The second-order valence-corrected chi connectivity index (χ2v) is 6.64. The predicted molar refractivity (Wildman–Crippen MR) is 95.9 cm³/mol. The first-order chi connectivity index (χ1) is 11.7. The van der Waals surface area contributed by atoms with Gasteiger partial charge >= 0.3 is 0 Å². The largest absolute Gasteiger partial charge is 0.297 e. The number of hydrogen-bond acceptors (Lipinski definition) is 5. The normalized spacial score (nSPS) is 23.3. The molecule has 5 heteroatoms. The van der Waals surface area contributed by atoms with Crippen molar-refractivity contribution in [2.45, 2.75) is 5.92 Å². The van der Waals surface area contributed by atoms with Gasteiger partial charge in [-0.3, -0.25) is 10.8 Å². The van der Waals surface area contributed by atoms with Crippen molar-refractivity contribution in [1.82, 2.24) is 0 Å². The molecule has 3 rings (SSSR count). The van der Waals surface area contributed by atoms with Crippen LogP contribution < -0.4 is 0 Å². The molecule has 24 heavy (non-hydrogen) atoms. The minimum atomic E-state index is -0.684. The Morgan fingerprint density at radius 1 is 0.750 bits per heavy atom. The van der Waals surface area contributed by atoms with Crippen molar-refractivity contribution in [1.29, 1.82) is 21.3 Å². The zero-order chi connectivity index (χ0) is 17.1. The van der Waals surface area contributed by atoms with E-state index in [4.69, 9.17) is 10.8 Å². The molecular formula is C19H14N4S. The van der Waals surface area contributed by atoms with E-state index in [0.29, 0.717) is 0 Å². The zero-order valence-electron chi connectivity index (χ0n) is 12.7. The molecule has 1 saturated heterocycles. The van der Waals surface area contributed by atoms with E-state index in [1.165, 1.54) is 0 Å². The van der Waals surface area contributed by atoms with E-state index in [9.17, 15) is 10.5 Å². The lowest BCUT2D eigenvalue weighted by Crippen LogP contribution is -2.34. The molecule has 2 aromatic rings. The van der Waals surface area contributed by atoms with Crippen LogP contribution in [0.15, 0.2) is 54.6 Å². The minimum Gasteiger partial charge on any atom is -0.297 e. The van der Waals surface area contributed by atoms with E-state index >= 15 is 0 Å². The first-order valence-corrected chi connectivity index (χ1v) is 8.26. The summed E-state index contributed by atoms with van der Waals surface area (Å²) < 4.78 is 0. The topological polar surface area (TPSA) is 95.3 Å². The highest BCUT2D eigenvalue weighted by Gasteiger charge is 2.42. The van der Waals surface area contributed by atoms with Crippen LogP contribution >= 0.6 is 11.8 Å². The summed E-state index contributed by atoms with van der Waals surface area (Å²) in [6.45, 7) is 0. The van der Waals surface area contributed by atoms with Gasteiger partial charge in [0, 0.05) is 5.92 Å². The highest BCUT2D eigenvalue weighted by atomic mass is 32.2. The van der Waals surface area contributed by atoms with Crippen molar-refractivity contribution in [2.24, 2.45) is 11.8 Å². The van der Waals surface area contributed by atoms with Crippen molar-refractivity contribution >= 4 is 21.8 Å². The average molecular weight is 330 g/mol. The van der Waals surface area contributed by atoms with E-state index in [1.807, 2.05) is 54.6 Å². The van der Waals surface area contributed by atoms with Crippen LogP contribution in [0.5, 0.6) is 0 Å². The van der Waals surface area contributed by atoms with Crippen LogP contribution in [0, 0.1) is 45.3 Å². The summed E-state index contributed by atoms with van der Waals surface area (Å²) in [5.74, 6) is -1.83. The molecule has 0 spiro atoms. The lowest BCUT2D eigenvalue weighted by atomic mass is 9.78. The van der Waals surface area contributed by atoms with Crippen LogP contribution in [-0.4, -0.2) is 10.1 Å². The molecule has 4 nitrogen and oxygen atoms in total. The maximum atomic E-state index is 9.44. The molecule has 0 radical (unpaired) electrons. The lowest BCUT2D eigenvalue weighted by Gasteiger charge is -2.31. The number of rotatable bonds is 2. The molecule has 1 aliphatic rings. The zero-order valence-corrected chi connectivity index (χ0v) is 13.5. The quantitative estimate of drug-likeness (QED) is 0.853. The fraction of sp³-hybridized carbons (Fsp3) is 0.158. The predicted octanol–water partition coefficient (Wildman–Crippen LogP) is 4.42. The molecule has 0 amide bonds. The number of hydrogen-bond donors (Lipinski definition) is 2. The minimum absolute atomic E-state index is 0.145. The van der Waals surface area contributed by atoms with Gasteiger partial charge in [0.1, 0.15) is 11.8 Å². The second kappa shape index (κ2) is 6.70. The fourth-order valence-corrected chi connectivity index (χ4v) is 3.84. The van der Waals surface area contributed by atoms with E-state index in [-0.39, 0.29) is 10.1 Å². The van der Waals surface area contributed by atoms with E-state index < -0.39 is 17.8 Å². The van der Waals surface area contributed by atoms with Crippen LogP contribution in [0.1, 0.15) is 11.5 Å². The Kier molecular flexibility index (Phi) is 4.46. The molecule has 1 aliphatic heterocycles. The second-order valence-electron chi connectivity index (χ2n) is 5.56.